The molecule has 122 valence electrons. The summed E-state index contributed by atoms with van der Waals surface area (Å²) in [5.41, 5.74) is 2.40. The summed E-state index contributed by atoms with van der Waals surface area (Å²) in [6, 6.07) is 11.2. The summed E-state index contributed by atoms with van der Waals surface area (Å²) >= 11 is 0. The fourth-order valence-electron chi connectivity index (χ4n) is 3.48. The molecule has 2 aromatic carbocycles. The zero-order valence-corrected chi connectivity index (χ0v) is 13.5. The van der Waals surface area contributed by atoms with Crippen LogP contribution in [0.2, 0.25) is 0 Å². The highest BCUT2D eigenvalue weighted by atomic mass is 16.5. The quantitative estimate of drug-likeness (QED) is 0.889. The zero-order chi connectivity index (χ0) is 16.4. The molecule has 0 aliphatic heterocycles. The zero-order valence-electron chi connectivity index (χ0n) is 13.5. The van der Waals surface area contributed by atoms with Crippen molar-refractivity contribution >= 4 is 0 Å². The Kier molecular flexibility index (Phi) is 4.33. The van der Waals surface area contributed by atoms with E-state index in [0.29, 0.717) is 23.3 Å². The van der Waals surface area contributed by atoms with Gasteiger partial charge in [0.05, 0.1) is 14.2 Å². The minimum absolute atomic E-state index is 0.175. The maximum Gasteiger partial charge on any atom is 0.160 e. The second-order valence-electron chi connectivity index (χ2n) is 6.07. The van der Waals surface area contributed by atoms with Gasteiger partial charge in [-0.3, -0.25) is 0 Å². The predicted molar refractivity (Wildman–Crippen MR) is 88.7 cm³/mol. The van der Waals surface area contributed by atoms with Crippen molar-refractivity contribution in [1.82, 2.24) is 0 Å². The maximum atomic E-state index is 9.73. The third kappa shape index (κ3) is 3.07. The molecule has 1 saturated carbocycles. The Labute approximate surface area is 136 Å². The highest BCUT2D eigenvalue weighted by Crippen LogP contribution is 2.46. The highest BCUT2D eigenvalue weighted by Gasteiger charge is 2.28. The van der Waals surface area contributed by atoms with Crippen LogP contribution in [0.1, 0.15) is 42.2 Å². The summed E-state index contributed by atoms with van der Waals surface area (Å²) in [5.74, 6) is 2.31. The Morgan fingerprint density at radius 3 is 1.61 bits per heavy atom. The van der Waals surface area contributed by atoms with Crippen LogP contribution in [-0.2, 0) is 0 Å². The van der Waals surface area contributed by atoms with Crippen LogP contribution in [-0.4, -0.2) is 24.4 Å². The molecule has 2 unspecified atom stereocenters. The fourth-order valence-corrected chi connectivity index (χ4v) is 3.48. The molecule has 1 fully saturated rings. The average molecular weight is 314 g/mol. The third-order valence-corrected chi connectivity index (χ3v) is 4.78. The first-order chi connectivity index (χ1) is 11.1. The summed E-state index contributed by atoms with van der Waals surface area (Å²) in [5, 5.41) is 19.5. The molecule has 0 aromatic heterocycles. The van der Waals surface area contributed by atoms with Crippen LogP contribution in [0.5, 0.6) is 23.0 Å². The Morgan fingerprint density at radius 2 is 1.22 bits per heavy atom. The lowest BCUT2D eigenvalue weighted by molar-refractivity contribution is 0.372. The van der Waals surface area contributed by atoms with Gasteiger partial charge < -0.3 is 19.7 Å². The lowest BCUT2D eigenvalue weighted by Gasteiger charge is -2.15. The van der Waals surface area contributed by atoms with Crippen LogP contribution in [0.25, 0.3) is 0 Å². The Balaban J connectivity index is 1.78. The normalized spacial score (nSPS) is 20.4. The summed E-state index contributed by atoms with van der Waals surface area (Å²) in [7, 11) is 3.14. The van der Waals surface area contributed by atoms with Gasteiger partial charge in [-0.2, -0.15) is 0 Å². The number of hydrogen-bond acceptors (Lipinski definition) is 4. The van der Waals surface area contributed by atoms with E-state index in [-0.39, 0.29) is 11.5 Å². The van der Waals surface area contributed by atoms with Crippen molar-refractivity contribution in [3.63, 3.8) is 0 Å². The number of phenols is 2. The van der Waals surface area contributed by atoms with Gasteiger partial charge >= 0.3 is 0 Å². The van der Waals surface area contributed by atoms with E-state index in [1.54, 1.807) is 26.4 Å². The molecule has 0 heterocycles. The van der Waals surface area contributed by atoms with Crippen LogP contribution in [0.15, 0.2) is 36.4 Å². The third-order valence-electron chi connectivity index (χ3n) is 4.78. The van der Waals surface area contributed by atoms with Crippen LogP contribution in [0.4, 0.5) is 0 Å². The Hall–Kier alpha value is -2.36. The van der Waals surface area contributed by atoms with E-state index in [0.717, 1.165) is 19.3 Å². The number of phenolic OH excluding ortho intramolecular Hbond substituents is 2. The van der Waals surface area contributed by atoms with Crippen molar-refractivity contribution < 1.29 is 19.7 Å². The first-order valence-corrected chi connectivity index (χ1v) is 7.86. The molecule has 2 aromatic rings. The molecule has 0 radical (unpaired) electrons. The Bertz CT molecular complexity index is 636. The number of rotatable bonds is 4. The second-order valence-corrected chi connectivity index (χ2v) is 6.07. The van der Waals surface area contributed by atoms with Gasteiger partial charge in [0, 0.05) is 0 Å². The SMILES string of the molecule is COc1cc(C2CCC(c3ccc(O)c(OC)c3)C2)ccc1O. The van der Waals surface area contributed by atoms with E-state index in [2.05, 4.69) is 0 Å². The highest BCUT2D eigenvalue weighted by molar-refractivity contribution is 5.45. The van der Waals surface area contributed by atoms with Crippen molar-refractivity contribution in [3.05, 3.63) is 47.5 Å². The van der Waals surface area contributed by atoms with Gasteiger partial charge in [-0.1, -0.05) is 12.1 Å². The van der Waals surface area contributed by atoms with Gasteiger partial charge in [0.25, 0.3) is 0 Å². The standard InChI is InChI=1S/C19H22O4/c1-22-18-10-14(5-7-16(18)20)12-3-4-13(9-12)15-6-8-17(21)19(11-15)23-2/h5-8,10-13,20-21H,3-4,9H2,1-2H3. The van der Waals surface area contributed by atoms with Gasteiger partial charge in [-0.15, -0.1) is 0 Å². The molecule has 0 amide bonds. The van der Waals surface area contributed by atoms with Crippen molar-refractivity contribution in [3.8, 4) is 23.0 Å². The first kappa shape index (κ1) is 15.5. The van der Waals surface area contributed by atoms with E-state index in [9.17, 15) is 10.2 Å². The molecule has 23 heavy (non-hydrogen) atoms. The fraction of sp³-hybridized carbons (Fsp3) is 0.368. The largest absolute Gasteiger partial charge is 0.504 e. The van der Waals surface area contributed by atoms with Crippen molar-refractivity contribution in [2.24, 2.45) is 0 Å². The van der Waals surface area contributed by atoms with Gasteiger partial charge in [0.1, 0.15) is 0 Å². The summed E-state index contributed by atoms with van der Waals surface area (Å²) in [4.78, 5) is 0. The minimum Gasteiger partial charge on any atom is -0.504 e. The predicted octanol–water partition coefficient (Wildman–Crippen LogP) is 4.17. The first-order valence-electron chi connectivity index (χ1n) is 7.86. The van der Waals surface area contributed by atoms with Crippen LogP contribution in [0.3, 0.4) is 0 Å². The Morgan fingerprint density at radius 1 is 0.783 bits per heavy atom. The smallest absolute Gasteiger partial charge is 0.160 e. The monoisotopic (exact) mass is 314 g/mol. The molecular weight excluding hydrogens is 292 g/mol. The molecule has 1 aliphatic carbocycles. The summed E-state index contributed by atoms with van der Waals surface area (Å²) in [6.07, 6.45) is 3.24. The molecule has 4 nitrogen and oxygen atoms in total. The minimum atomic E-state index is 0.175. The lowest BCUT2D eigenvalue weighted by atomic mass is 9.92. The van der Waals surface area contributed by atoms with Crippen LogP contribution < -0.4 is 9.47 Å². The van der Waals surface area contributed by atoms with Crippen LogP contribution >= 0.6 is 0 Å². The maximum absolute atomic E-state index is 9.73. The molecule has 3 rings (SSSR count). The van der Waals surface area contributed by atoms with E-state index in [1.165, 1.54) is 11.1 Å². The number of hydrogen-bond donors (Lipinski definition) is 2. The molecular formula is C19H22O4. The molecule has 0 saturated heterocycles. The molecule has 0 bridgehead atoms. The second kappa shape index (κ2) is 6.41. The molecule has 1 aliphatic rings. The number of methoxy groups -OCH3 is 2. The van der Waals surface area contributed by atoms with Crippen molar-refractivity contribution in [2.75, 3.05) is 14.2 Å². The number of benzene rings is 2. The van der Waals surface area contributed by atoms with Gasteiger partial charge in [-0.25, -0.2) is 0 Å². The molecule has 2 N–H and O–H groups in total. The van der Waals surface area contributed by atoms with E-state index >= 15 is 0 Å². The topological polar surface area (TPSA) is 58.9 Å². The van der Waals surface area contributed by atoms with E-state index < -0.39 is 0 Å². The van der Waals surface area contributed by atoms with E-state index in [1.807, 2.05) is 24.3 Å². The number of ether oxygens (including phenoxy) is 2. The van der Waals surface area contributed by atoms with E-state index in [4.69, 9.17) is 9.47 Å². The van der Waals surface area contributed by atoms with Crippen LogP contribution in [0, 0.1) is 0 Å². The van der Waals surface area contributed by atoms with Gasteiger partial charge in [0.15, 0.2) is 23.0 Å². The van der Waals surface area contributed by atoms with Crippen molar-refractivity contribution in [1.29, 1.82) is 0 Å². The summed E-state index contributed by atoms with van der Waals surface area (Å²) in [6.45, 7) is 0. The van der Waals surface area contributed by atoms with Crippen molar-refractivity contribution in [2.45, 2.75) is 31.1 Å². The average Bonchev–Trinajstić information content (AvgIpc) is 3.05. The molecule has 2 atom stereocenters. The lowest BCUT2D eigenvalue weighted by Crippen LogP contribution is -1.97. The molecule has 0 spiro atoms. The van der Waals surface area contributed by atoms with Gasteiger partial charge in [-0.05, 0) is 66.5 Å². The number of aromatic hydroxyl groups is 2. The van der Waals surface area contributed by atoms with Gasteiger partial charge in [0.2, 0.25) is 0 Å². The summed E-state index contributed by atoms with van der Waals surface area (Å²) < 4.78 is 10.4. The molecule has 4 heteroatoms.